The summed E-state index contributed by atoms with van der Waals surface area (Å²) in [5, 5.41) is 0. The van der Waals surface area contributed by atoms with Crippen molar-refractivity contribution in [2.75, 3.05) is 14.2 Å². The van der Waals surface area contributed by atoms with E-state index >= 15 is 0 Å². The number of esters is 2. The van der Waals surface area contributed by atoms with E-state index in [0.29, 0.717) is 11.3 Å². The molecule has 0 unspecified atom stereocenters. The van der Waals surface area contributed by atoms with E-state index in [2.05, 4.69) is 14.5 Å². The molecule has 0 aliphatic rings. The first-order chi connectivity index (χ1) is 8.06. The molecule has 0 aromatic carbocycles. The number of aromatic nitrogens is 1. The minimum absolute atomic E-state index is 0.0586. The van der Waals surface area contributed by atoms with E-state index in [9.17, 15) is 9.59 Å². The molecule has 1 rings (SSSR count). The summed E-state index contributed by atoms with van der Waals surface area (Å²) in [6.07, 6.45) is 1.82. The van der Waals surface area contributed by atoms with Crippen molar-refractivity contribution in [2.45, 2.75) is 19.8 Å². The van der Waals surface area contributed by atoms with Gasteiger partial charge < -0.3 is 9.47 Å². The Morgan fingerprint density at radius 1 is 1.18 bits per heavy atom. The molecule has 0 aliphatic heterocycles. The minimum atomic E-state index is -0.382. The van der Waals surface area contributed by atoms with E-state index in [-0.39, 0.29) is 24.8 Å². The van der Waals surface area contributed by atoms with Crippen LogP contribution < -0.4 is 0 Å². The largest absolute Gasteiger partial charge is 0.469 e. The Morgan fingerprint density at radius 2 is 1.76 bits per heavy atom. The van der Waals surface area contributed by atoms with Gasteiger partial charge in [-0.1, -0.05) is 6.07 Å². The fraction of sp³-hybridized carbons (Fsp3) is 0.417. The maximum absolute atomic E-state index is 11.2. The third-order valence-corrected chi connectivity index (χ3v) is 2.30. The highest BCUT2D eigenvalue weighted by Crippen LogP contribution is 2.11. The second-order valence-electron chi connectivity index (χ2n) is 3.62. The molecular weight excluding hydrogens is 222 g/mol. The van der Waals surface area contributed by atoms with Crippen molar-refractivity contribution in [3.8, 4) is 0 Å². The van der Waals surface area contributed by atoms with Gasteiger partial charge in [0.15, 0.2) is 0 Å². The lowest BCUT2D eigenvalue weighted by atomic mass is 10.1. The fourth-order valence-electron chi connectivity index (χ4n) is 1.41. The zero-order valence-corrected chi connectivity index (χ0v) is 10.1. The van der Waals surface area contributed by atoms with E-state index in [1.165, 1.54) is 14.2 Å². The molecule has 5 nitrogen and oxygen atoms in total. The molecule has 1 heterocycles. The molecular formula is C12H15NO4. The fourth-order valence-corrected chi connectivity index (χ4v) is 1.41. The third kappa shape index (κ3) is 3.86. The van der Waals surface area contributed by atoms with Crippen LogP contribution in [-0.4, -0.2) is 31.1 Å². The summed E-state index contributed by atoms with van der Waals surface area (Å²) in [5.74, 6) is -0.740. The molecule has 1 aromatic rings. The Labute approximate surface area is 99.8 Å². The normalized spacial score (nSPS) is 9.82. The molecule has 0 fully saturated rings. The van der Waals surface area contributed by atoms with Crippen molar-refractivity contribution in [1.29, 1.82) is 0 Å². The molecule has 17 heavy (non-hydrogen) atoms. The Hall–Kier alpha value is -1.91. The predicted octanol–water partition coefficient (Wildman–Crippen LogP) is 0.821. The van der Waals surface area contributed by atoms with Crippen LogP contribution in [0.25, 0.3) is 0 Å². The van der Waals surface area contributed by atoms with Gasteiger partial charge in [0.05, 0.1) is 32.8 Å². The van der Waals surface area contributed by atoms with Crippen LogP contribution in [0.15, 0.2) is 12.3 Å². The number of pyridine rings is 1. The highest BCUT2D eigenvalue weighted by molar-refractivity contribution is 5.75. The summed E-state index contributed by atoms with van der Waals surface area (Å²) in [6, 6.07) is 1.82. The number of carbonyl (C=O) groups excluding carboxylic acids is 2. The van der Waals surface area contributed by atoms with Crippen LogP contribution in [0.2, 0.25) is 0 Å². The van der Waals surface area contributed by atoms with Crippen LogP contribution in [0.3, 0.4) is 0 Å². The van der Waals surface area contributed by atoms with E-state index in [0.717, 1.165) is 5.56 Å². The van der Waals surface area contributed by atoms with Gasteiger partial charge in [-0.15, -0.1) is 0 Å². The van der Waals surface area contributed by atoms with E-state index in [1.54, 1.807) is 6.20 Å². The Balaban J connectivity index is 2.95. The van der Waals surface area contributed by atoms with Gasteiger partial charge in [-0.05, 0) is 18.1 Å². The van der Waals surface area contributed by atoms with E-state index < -0.39 is 0 Å². The van der Waals surface area contributed by atoms with Crippen molar-refractivity contribution >= 4 is 11.9 Å². The van der Waals surface area contributed by atoms with Gasteiger partial charge in [-0.2, -0.15) is 0 Å². The average Bonchev–Trinajstić information content (AvgIpc) is 2.32. The summed E-state index contributed by atoms with van der Waals surface area (Å²) >= 11 is 0. The van der Waals surface area contributed by atoms with Gasteiger partial charge in [0, 0.05) is 6.20 Å². The van der Waals surface area contributed by atoms with Gasteiger partial charge in [0.1, 0.15) is 0 Å². The molecule has 0 aliphatic carbocycles. The van der Waals surface area contributed by atoms with Crippen molar-refractivity contribution in [1.82, 2.24) is 4.98 Å². The standard InChI is InChI=1S/C12H15NO4/c1-8-4-9(5-11(14)16-2)10(13-7-8)6-12(15)17-3/h4,7H,5-6H2,1-3H3. The smallest absolute Gasteiger partial charge is 0.311 e. The Bertz CT molecular complexity index is 429. The third-order valence-electron chi connectivity index (χ3n) is 2.30. The lowest BCUT2D eigenvalue weighted by Gasteiger charge is -2.07. The van der Waals surface area contributed by atoms with Crippen molar-refractivity contribution in [3.63, 3.8) is 0 Å². The minimum Gasteiger partial charge on any atom is -0.469 e. The van der Waals surface area contributed by atoms with Crippen LogP contribution in [0, 0.1) is 6.92 Å². The molecule has 0 bridgehead atoms. The highest BCUT2D eigenvalue weighted by Gasteiger charge is 2.13. The molecule has 0 atom stereocenters. The van der Waals surface area contributed by atoms with Gasteiger partial charge in [-0.3, -0.25) is 14.6 Å². The van der Waals surface area contributed by atoms with Gasteiger partial charge in [0.2, 0.25) is 0 Å². The van der Waals surface area contributed by atoms with Crippen molar-refractivity contribution in [2.24, 2.45) is 0 Å². The zero-order chi connectivity index (χ0) is 12.8. The van der Waals surface area contributed by atoms with Crippen molar-refractivity contribution < 1.29 is 19.1 Å². The first kappa shape index (κ1) is 13.2. The lowest BCUT2D eigenvalue weighted by Crippen LogP contribution is -2.12. The predicted molar refractivity (Wildman–Crippen MR) is 60.4 cm³/mol. The zero-order valence-electron chi connectivity index (χ0n) is 10.1. The van der Waals surface area contributed by atoms with Crippen molar-refractivity contribution in [3.05, 3.63) is 29.1 Å². The average molecular weight is 237 g/mol. The Morgan fingerprint density at radius 3 is 2.35 bits per heavy atom. The Kier molecular flexibility index (Phi) is 4.63. The number of hydrogen-bond acceptors (Lipinski definition) is 5. The molecule has 92 valence electrons. The van der Waals surface area contributed by atoms with Crippen LogP contribution in [0.1, 0.15) is 16.8 Å². The molecule has 0 amide bonds. The summed E-state index contributed by atoms with van der Waals surface area (Å²) < 4.78 is 9.17. The highest BCUT2D eigenvalue weighted by atomic mass is 16.5. The number of aryl methyl sites for hydroxylation is 1. The van der Waals surface area contributed by atoms with Gasteiger partial charge in [-0.25, -0.2) is 0 Å². The summed E-state index contributed by atoms with van der Waals surface area (Å²) in [7, 11) is 2.64. The van der Waals surface area contributed by atoms with Crippen LogP contribution in [0.4, 0.5) is 0 Å². The van der Waals surface area contributed by atoms with Gasteiger partial charge >= 0.3 is 11.9 Å². The lowest BCUT2D eigenvalue weighted by molar-refractivity contribution is -0.141. The molecule has 0 N–H and O–H groups in total. The molecule has 0 saturated heterocycles. The van der Waals surface area contributed by atoms with Gasteiger partial charge in [0.25, 0.3) is 0 Å². The molecule has 0 spiro atoms. The monoisotopic (exact) mass is 237 g/mol. The molecule has 5 heteroatoms. The van der Waals surface area contributed by atoms with Crippen LogP contribution >= 0.6 is 0 Å². The summed E-state index contributed by atoms with van der Waals surface area (Å²) in [5.41, 5.74) is 2.17. The van der Waals surface area contributed by atoms with Crippen LogP contribution in [0.5, 0.6) is 0 Å². The quantitative estimate of drug-likeness (QED) is 0.725. The first-order valence-corrected chi connectivity index (χ1v) is 5.15. The first-order valence-electron chi connectivity index (χ1n) is 5.15. The number of hydrogen-bond donors (Lipinski definition) is 0. The maximum atomic E-state index is 11.2. The molecule has 1 aromatic heterocycles. The summed E-state index contributed by atoms with van der Waals surface area (Å²) in [6.45, 7) is 1.87. The summed E-state index contributed by atoms with van der Waals surface area (Å²) in [4.78, 5) is 26.6. The number of methoxy groups -OCH3 is 2. The second-order valence-corrected chi connectivity index (χ2v) is 3.62. The topological polar surface area (TPSA) is 65.5 Å². The molecule has 0 radical (unpaired) electrons. The van der Waals surface area contributed by atoms with Crippen LogP contribution in [-0.2, 0) is 31.9 Å². The molecule has 0 saturated carbocycles. The number of ether oxygens (including phenoxy) is 2. The maximum Gasteiger partial charge on any atom is 0.311 e. The van der Waals surface area contributed by atoms with E-state index in [4.69, 9.17) is 0 Å². The second kappa shape index (κ2) is 5.98. The van der Waals surface area contributed by atoms with E-state index in [1.807, 2.05) is 13.0 Å². The SMILES string of the molecule is COC(=O)Cc1cc(C)cnc1CC(=O)OC. The number of carbonyl (C=O) groups is 2. The number of nitrogens with zero attached hydrogens (tertiary/aromatic N) is 1. The number of rotatable bonds is 4.